The van der Waals surface area contributed by atoms with Crippen molar-refractivity contribution < 1.29 is 0 Å². The number of benzene rings is 1. The van der Waals surface area contributed by atoms with E-state index in [0.717, 1.165) is 48.2 Å². The summed E-state index contributed by atoms with van der Waals surface area (Å²) < 4.78 is 0. The van der Waals surface area contributed by atoms with Crippen molar-refractivity contribution in [2.24, 2.45) is 0 Å². The fourth-order valence-electron chi connectivity index (χ4n) is 3.48. The topological polar surface area (TPSA) is 18.5 Å². The predicted molar refractivity (Wildman–Crippen MR) is 89.3 cm³/mol. The van der Waals surface area contributed by atoms with Gasteiger partial charge in [-0.25, -0.2) is 0 Å². The molecule has 2 bridgehead atoms. The number of hydrogen-bond acceptors (Lipinski definition) is 3. The molecule has 5 heteroatoms. The van der Waals surface area contributed by atoms with Crippen LogP contribution in [0.3, 0.4) is 0 Å². The van der Waals surface area contributed by atoms with Crippen LogP contribution >= 0.6 is 23.2 Å². The first-order chi connectivity index (χ1) is 10.2. The van der Waals surface area contributed by atoms with Gasteiger partial charge in [0, 0.05) is 48.8 Å². The first kappa shape index (κ1) is 15.6. The molecule has 1 aromatic rings. The van der Waals surface area contributed by atoms with E-state index in [1.807, 2.05) is 18.2 Å². The van der Waals surface area contributed by atoms with E-state index in [9.17, 15) is 0 Å². The summed E-state index contributed by atoms with van der Waals surface area (Å²) in [6.45, 7) is 9.02. The van der Waals surface area contributed by atoms with Crippen LogP contribution in [0.25, 0.3) is 0 Å². The van der Waals surface area contributed by atoms with E-state index in [1.54, 1.807) is 0 Å². The summed E-state index contributed by atoms with van der Waals surface area (Å²) in [5.74, 6) is 0. The smallest absolute Gasteiger partial charge is 0.0506 e. The maximum absolute atomic E-state index is 6.46. The Kier molecular flexibility index (Phi) is 5.07. The Morgan fingerprint density at radius 1 is 1.24 bits per heavy atom. The Balaban J connectivity index is 1.88. The van der Waals surface area contributed by atoms with Crippen molar-refractivity contribution in [3.05, 3.63) is 33.8 Å². The average Bonchev–Trinajstić information content (AvgIpc) is 2.52. The minimum Gasteiger partial charge on any atom is -0.309 e. The number of nitrogens with one attached hydrogen (secondary N) is 1. The molecule has 3 aliphatic heterocycles. The number of piperazine rings is 3. The third-order valence-electron chi connectivity index (χ3n) is 4.61. The Labute approximate surface area is 137 Å². The minimum atomic E-state index is 0.249. The van der Waals surface area contributed by atoms with E-state index in [0.29, 0.717) is 6.04 Å². The lowest BCUT2D eigenvalue weighted by atomic mass is 9.93. The second kappa shape index (κ2) is 6.84. The fraction of sp³-hybridized carbons (Fsp3) is 0.625. The largest absolute Gasteiger partial charge is 0.309 e. The Hall–Kier alpha value is -0.320. The Bertz CT molecular complexity index is 486. The lowest BCUT2D eigenvalue weighted by Crippen LogP contribution is -2.64. The molecule has 1 aromatic carbocycles. The summed E-state index contributed by atoms with van der Waals surface area (Å²) in [6, 6.07) is 6.53. The van der Waals surface area contributed by atoms with Crippen LogP contribution in [-0.4, -0.2) is 55.1 Å². The number of nitrogens with zero attached hydrogens (tertiary/aromatic N) is 2. The monoisotopic (exact) mass is 327 g/mol. The molecule has 116 valence electrons. The highest BCUT2D eigenvalue weighted by atomic mass is 35.5. The van der Waals surface area contributed by atoms with Gasteiger partial charge in [-0.05, 0) is 36.7 Å². The van der Waals surface area contributed by atoms with Crippen molar-refractivity contribution in [2.45, 2.75) is 25.4 Å². The molecule has 21 heavy (non-hydrogen) atoms. The van der Waals surface area contributed by atoms with Crippen LogP contribution in [0.2, 0.25) is 10.0 Å². The van der Waals surface area contributed by atoms with E-state index in [1.165, 1.54) is 13.1 Å². The first-order valence-corrected chi connectivity index (χ1v) is 8.59. The molecule has 0 radical (unpaired) electrons. The number of fused-ring (bicyclic) bond motifs is 3. The van der Waals surface area contributed by atoms with Gasteiger partial charge in [-0.2, -0.15) is 0 Å². The van der Waals surface area contributed by atoms with Crippen molar-refractivity contribution in [2.75, 3.05) is 39.3 Å². The van der Waals surface area contributed by atoms with Crippen LogP contribution in [0.1, 0.15) is 24.9 Å². The zero-order valence-corrected chi connectivity index (χ0v) is 14.0. The molecule has 0 amide bonds. The normalized spacial score (nSPS) is 29.6. The van der Waals surface area contributed by atoms with Crippen molar-refractivity contribution >= 4 is 23.2 Å². The molecular weight excluding hydrogens is 305 g/mol. The summed E-state index contributed by atoms with van der Waals surface area (Å²) in [7, 11) is 0. The van der Waals surface area contributed by atoms with Gasteiger partial charge in [-0.1, -0.05) is 30.1 Å². The maximum Gasteiger partial charge on any atom is 0.0506 e. The number of rotatable bonds is 5. The summed E-state index contributed by atoms with van der Waals surface area (Å²) in [4.78, 5) is 5.16. The minimum absolute atomic E-state index is 0.249. The SMILES string of the molecule is CCCNC(c1cc(Cl)ccc1Cl)C1CN2CCN1CC2. The van der Waals surface area contributed by atoms with Gasteiger partial charge in [0.15, 0.2) is 0 Å². The van der Waals surface area contributed by atoms with Crippen molar-refractivity contribution in [3.63, 3.8) is 0 Å². The lowest BCUT2D eigenvalue weighted by molar-refractivity contribution is -0.00362. The molecule has 3 saturated heterocycles. The van der Waals surface area contributed by atoms with Crippen LogP contribution in [-0.2, 0) is 0 Å². The van der Waals surface area contributed by atoms with Gasteiger partial charge in [0.2, 0.25) is 0 Å². The molecule has 4 rings (SSSR count). The molecule has 0 aromatic heterocycles. The molecule has 3 fully saturated rings. The van der Waals surface area contributed by atoms with Gasteiger partial charge < -0.3 is 5.32 Å². The van der Waals surface area contributed by atoms with Gasteiger partial charge in [0.1, 0.15) is 0 Å². The maximum atomic E-state index is 6.46. The Morgan fingerprint density at radius 3 is 2.62 bits per heavy atom. The summed E-state index contributed by atoms with van der Waals surface area (Å²) in [5, 5.41) is 5.27. The highest BCUT2D eigenvalue weighted by molar-refractivity contribution is 6.33. The van der Waals surface area contributed by atoms with Gasteiger partial charge in [-0.15, -0.1) is 0 Å². The Morgan fingerprint density at radius 2 is 2.00 bits per heavy atom. The van der Waals surface area contributed by atoms with Gasteiger partial charge >= 0.3 is 0 Å². The molecule has 2 unspecified atom stereocenters. The van der Waals surface area contributed by atoms with Crippen LogP contribution in [0.15, 0.2) is 18.2 Å². The van der Waals surface area contributed by atoms with Crippen molar-refractivity contribution in [1.29, 1.82) is 0 Å². The zero-order chi connectivity index (χ0) is 14.8. The van der Waals surface area contributed by atoms with Crippen LogP contribution in [0.5, 0.6) is 0 Å². The van der Waals surface area contributed by atoms with Crippen LogP contribution < -0.4 is 5.32 Å². The second-order valence-corrected chi connectivity index (χ2v) is 6.85. The first-order valence-electron chi connectivity index (χ1n) is 7.83. The fourth-order valence-corrected chi connectivity index (χ4v) is 3.90. The van der Waals surface area contributed by atoms with E-state index >= 15 is 0 Å². The van der Waals surface area contributed by atoms with Gasteiger partial charge in [0.25, 0.3) is 0 Å². The van der Waals surface area contributed by atoms with E-state index in [-0.39, 0.29) is 6.04 Å². The van der Waals surface area contributed by atoms with Crippen molar-refractivity contribution in [1.82, 2.24) is 15.1 Å². The molecule has 2 atom stereocenters. The predicted octanol–water partition coefficient (Wildman–Crippen LogP) is 3.03. The molecule has 1 N–H and O–H groups in total. The quantitative estimate of drug-likeness (QED) is 0.896. The van der Waals surface area contributed by atoms with Gasteiger partial charge in [0.05, 0.1) is 6.04 Å². The average molecular weight is 328 g/mol. The summed E-state index contributed by atoms with van der Waals surface area (Å²) >= 11 is 12.7. The molecule has 3 heterocycles. The van der Waals surface area contributed by atoms with E-state index in [4.69, 9.17) is 23.2 Å². The molecule has 0 saturated carbocycles. The molecule has 0 aliphatic carbocycles. The lowest BCUT2D eigenvalue weighted by Gasteiger charge is -2.50. The van der Waals surface area contributed by atoms with Gasteiger partial charge in [-0.3, -0.25) is 9.80 Å². The third-order valence-corrected chi connectivity index (χ3v) is 5.19. The van der Waals surface area contributed by atoms with Crippen molar-refractivity contribution in [3.8, 4) is 0 Å². The molecular formula is C16H23Cl2N3. The molecule has 3 aliphatic rings. The van der Waals surface area contributed by atoms with E-state index < -0.39 is 0 Å². The highest BCUT2D eigenvalue weighted by Crippen LogP contribution is 2.33. The highest BCUT2D eigenvalue weighted by Gasteiger charge is 2.37. The molecule has 0 spiro atoms. The summed E-state index contributed by atoms with van der Waals surface area (Å²) in [5.41, 5.74) is 1.14. The second-order valence-electron chi connectivity index (χ2n) is 6.00. The van der Waals surface area contributed by atoms with E-state index in [2.05, 4.69) is 22.0 Å². The standard InChI is InChI=1S/C16H23Cl2N3/c1-2-5-19-16(13-10-12(17)3-4-14(13)18)15-11-20-6-8-21(15)9-7-20/h3-4,10,15-16,19H,2,5-9,11H2,1H3. The summed E-state index contributed by atoms with van der Waals surface area (Å²) in [6.07, 6.45) is 1.12. The number of hydrogen-bond donors (Lipinski definition) is 1. The number of halogens is 2. The zero-order valence-electron chi connectivity index (χ0n) is 12.5. The van der Waals surface area contributed by atoms with Crippen LogP contribution in [0.4, 0.5) is 0 Å². The van der Waals surface area contributed by atoms with Crippen LogP contribution in [0, 0.1) is 0 Å². The molecule has 3 nitrogen and oxygen atoms in total. The third kappa shape index (κ3) is 3.38.